The van der Waals surface area contributed by atoms with Gasteiger partial charge in [0.05, 0.1) is 26.4 Å². The molecule has 3 atom stereocenters. The number of carbonyl (C=O) groups is 1. The maximum Gasteiger partial charge on any atom is 0.472 e. The summed E-state index contributed by atoms with van der Waals surface area (Å²) >= 11 is 0. The van der Waals surface area contributed by atoms with E-state index >= 15 is 0 Å². The standard InChI is InChI=1S/C37H71O9P/c1-3-5-7-9-11-13-15-16-17-18-19-20-22-24-26-28-30-43-33-36(34-45-47(41,42)44-32-35(39)31-38)46-37(40)29-27-25-23-21-14-12-10-8-6-4-2/h11,13,16-17,35-36,38-39H,3-10,12,14-15,18-34H2,1-2H3,(H,41,42)/b13-11-,17-16-. The monoisotopic (exact) mass is 690 g/mol. The van der Waals surface area contributed by atoms with Gasteiger partial charge < -0.3 is 24.6 Å². The number of esters is 1. The van der Waals surface area contributed by atoms with Gasteiger partial charge >= 0.3 is 13.8 Å². The number of allylic oxidation sites excluding steroid dienone is 4. The Morgan fingerprint density at radius 2 is 1.15 bits per heavy atom. The fraction of sp³-hybridized carbons (Fsp3) is 0.865. The highest BCUT2D eigenvalue weighted by Crippen LogP contribution is 2.43. The minimum Gasteiger partial charge on any atom is -0.457 e. The molecule has 0 aromatic carbocycles. The van der Waals surface area contributed by atoms with Gasteiger partial charge in [0.1, 0.15) is 12.2 Å². The second kappa shape index (κ2) is 34.8. The first-order valence-corrected chi connectivity index (χ1v) is 20.3. The molecule has 278 valence electrons. The molecule has 0 radical (unpaired) electrons. The van der Waals surface area contributed by atoms with E-state index in [2.05, 4.69) is 38.2 Å². The number of aliphatic hydroxyl groups excluding tert-OH is 2. The van der Waals surface area contributed by atoms with Gasteiger partial charge in [0.2, 0.25) is 0 Å². The number of carbonyl (C=O) groups excluding carboxylic acids is 1. The number of ether oxygens (including phenoxy) is 2. The zero-order chi connectivity index (χ0) is 34.7. The molecule has 3 N–H and O–H groups in total. The van der Waals surface area contributed by atoms with E-state index in [0.29, 0.717) is 6.61 Å². The van der Waals surface area contributed by atoms with Gasteiger partial charge in [0, 0.05) is 13.0 Å². The van der Waals surface area contributed by atoms with Crippen LogP contribution in [0.4, 0.5) is 0 Å². The zero-order valence-electron chi connectivity index (χ0n) is 30.0. The van der Waals surface area contributed by atoms with Crippen molar-refractivity contribution in [1.29, 1.82) is 0 Å². The van der Waals surface area contributed by atoms with Gasteiger partial charge in [0.15, 0.2) is 0 Å². The largest absolute Gasteiger partial charge is 0.472 e. The van der Waals surface area contributed by atoms with Crippen LogP contribution < -0.4 is 0 Å². The van der Waals surface area contributed by atoms with Crippen LogP contribution in [0.2, 0.25) is 0 Å². The quantitative estimate of drug-likeness (QED) is 0.0254. The summed E-state index contributed by atoms with van der Waals surface area (Å²) in [5.74, 6) is -0.389. The summed E-state index contributed by atoms with van der Waals surface area (Å²) in [6, 6.07) is 0. The molecule has 0 aromatic rings. The van der Waals surface area contributed by atoms with E-state index in [1.54, 1.807) is 0 Å². The number of hydrogen-bond donors (Lipinski definition) is 3. The molecule has 0 aliphatic carbocycles. The molecule has 0 saturated heterocycles. The van der Waals surface area contributed by atoms with Gasteiger partial charge in [-0.25, -0.2) is 4.57 Å². The Labute approximate surface area is 287 Å². The molecule has 0 amide bonds. The number of hydrogen-bond acceptors (Lipinski definition) is 8. The topological polar surface area (TPSA) is 132 Å². The van der Waals surface area contributed by atoms with Crippen molar-refractivity contribution < 1.29 is 43.0 Å². The van der Waals surface area contributed by atoms with E-state index in [4.69, 9.17) is 23.6 Å². The van der Waals surface area contributed by atoms with Crippen molar-refractivity contribution in [2.45, 2.75) is 174 Å². The third-order valence-electron chi connectivity index (χ3n) is 7.89. The number of unbranched alkanes of at least 4 members (excludes halogenated alkanes) is 18. The lowest BCUT2D eigenvalue weighted by Crippen LogP contribution is -2.29. The highest BCUT2D eigenvalue weighted by atomic mass is 31.2. The lowest BCUT2D eigenvalue weighted by molar-refractivity contribution is -0.154. The van der Waals surface area contributed by atoms with Gasteiger partial charge in [-0.3, -0.25) is 13.8 Å². The van der Waals surface area contributed by atoms with Gasteiger partial charge in [0.25, 0.3) is 0 Å². The molecule has 47 heavy (non-hydrogen) atoms. The minimum atomic E-state index is -4.51. The van der Waals surface area contributed by atoms with Crippen molar-refractivity contribution in [2.75, 3.05) is 33.0 Å². The molecule has 0 spiro atoms. The van der Waals surface area contributed by atoms with E-state index in [1.807, 2.05) is 0 Å². The number of phosphoric acid groups is 1. The van der Waals surface area contributed by atoms with Crippen molar-refractivity contribution in [3.8, 4) is 0 Å². The first kappa shape index (κ1) is 45.9. The molecule has 10 heteroatoms. The van der Waals surface area contributed by atoms with Crippen LogP contribution in [0, 0.1) is 0 Å². The predicted octanol–water partition coefficient (Wildman–Crippen LogP) is 9.53. The summed E-state index contributed by atoms with van der Waals surface area (Å²) in [6.07, 6.45) is 32.8. The van der Waals surface area contributed by atoms with Crippen LogP contribution in [-0.4, -0.2) is 66.3 Å². The summed E-state index contributed by atoms with van der Waals surface area (Å²) < 4.78 is 33.2. The van der Waals surface area contributed by atoms with Gasteiger partial charge in [-0.15, -0.1) is 0 Å². The number of aliphatic hydroxyl groups is 2. The molecule has 9 nitrogen and oxygen atoms in total. The fourth-order valence-electron chi connectivity index (χ4n) is 4.97. The molecular formula is C37H71O9P. The molecule has 0 bridgehead atoms. The normalized spacial score (nSPS) is 14.6. The molecule has 0 rings (SSSR count). The van der Waals surface area contributed by atoms with Crippen LogP contribution >= 0.6 is 7.82 Å². The van der Waals surface area contributed by atoms with E-state index in [1.165, 1.54) is 89.9 Å². The molecule has 0 aliphatic heterocycles. The second-order valence-corrected chi connectivity index (χ2v) is 14.1. The van der Waals surface area contributed by atoms with Crippen LogP contribution in [-0.2, 0) is 27.9 Å². The van der Waals surface area contributed by atoms with E-state index in [-0.39, 0.29) is 25.6 Å². The first-order chi connectivity index (χ1) is 22.8. The van der Waals surface area contributed by atoms with Crippen molar-refractivity contribution in [2.24, 2.45) is 0 Å². The average molecular weight is 691 g/mol. The van der Waals surface area contributed by atoms with Crippen LogP contribution in [0.3, 0.4) is 0 Å². The third kappa shape index (κ3) is 34.6. The summed E-state index contributed by atoms with van der Waals surface area (Å²) in [5.41, 5.74) is 0. The van der Waals surface area contributed by atoms with E-state index in [0.717, 1.165) is 51.4 Å². The highest BCUT2D eigenvalue weighted by Gasteiger charge is 2.26. The average Bonchev–Trinajstić information content (AvgIpc) is 3.06. The minimum absolute atomic E-state index is 0.0449. The smallest absolute Gasteiger partial charge is 0.457 e. The lowest BCUT2D eigenvalue weighted by Gasteiger charge is -2.20. The third-order valence-corrected chi connectivity index (χ3v) is 8.84. The van der Waals surface area contributed by atoms with Crippen molar-refractivity contribution in [1.82, 2.24) is 0 Å². The Bertz CT molecular complexity index is 790. The zero-order valence-corrected chi connectivity index (χ0v) is 30.9. The van der Waals surface area contributed by atoms with Crippen molar-refractivity contribution in [3.05, 3.63) is 24.3 Å². The molecule has 0 fully saturated rings. The van der Waals surface area contributed by atoms with Crippen molar-refractivity contribution in [3.63, 3.8) is 0 Å². The number of rotatable bonds is 36. The van der Waals surface area contributed by atoms with Crippen LogP contribution in [0.25, 0.3) is 0 Å². The molecule has 0 aliphatic rings. The Hall–Kier alpha value is -1.06. The van der Waals surface area contributed by atoms with E-state index < -0.39 is 33.2 Å². The van der Waals surface area contributed by atoms with E-state index in [9.17, 15) is 19.4 Å². The first-order valence-electron chi connectivity index (χ1n) is 18.8. The van der Waals surface area contributed by atoms with Gasteiger partial charge in [-0.05, 0) is 44.9 Å². The summed E-state index contributed by atoms with van der Waals surface area (Å²) in [4.78, 5) is 22.4. The lowest BCUT2D eigenvalue weighted by atomic mass is 10.1. The predicted molar refractivity (Wildman–Crippen MR) is 191 cm³/mol. The Morgan fingerprint density at radius 1 is 0.660 bits per heavy atom. The highest BCUT2D eigenvalue weighted by molar-refractivity contribution is 7.47. The second-order valence-electron chi connectivity index (χ2n) is 12.6. The van der Waals surface area contributed by atoms with Gasteiger partial charge in [-0.1, -0.05) is 134 Å². The Morgan fingerprint density at radius 3 is 1.74 bits per heavy atom. The SMILES string of the molecule is CCCCC/C=C\C/C=C\CCCCCCCCOCC(COP(=O)(O)OCC(O)CO)OC(=O)CCCCCCCCCCCC. The number of phosphoric ester groups is 1. The van der Waals surface area contributed by atoms with Crippen LogP contribution in [0.5, 0.6) is 0 Å². The molecule has 0 saturated carbocycles. The maximum atomic E-state index is 12.5. The molecule has 0 aromatic heterocycles. The molecular weight excluding hydrogens is 619 g/mol. The van der Waals surface area contributed by atoms with Crippen LogP contribution in [0.1, 0.15) is 162 Å². The maximum absolute atomic E-state index is 12.5. The summed E-state index contributed by atoms with van der Waals surface area (Å²) in [5, 5.41) is 18.3. The summed E-state index contributed by atoms with van der Waals surface area (Å²) in [7, 11) is -4.51. The fourth-order valence-corrected chi connectivity index (χ4v) is 5.76. The Kier molecular flexibility index (Phi) is 34.0. The van der Waals surface area contributed by atoms with Gasteiger partial charge in [-0.2, -0.15) is 0 Å². The summed E-state index contributed by atoms with van der Waals surface area (Å²) in [6.45, 7) is 3.45. The van der Waals surface area contributed by atoms with Crippen molar-refractivity contribution >= 4 is 13.8 Å². The molecule has 3 unspecified atom stereocenters. The Balaban J connectivity index is 4.22. The molecule has 0 heterocycles. The van der Waals surface area contributed by atoms with Crippen LogP contribution in [0.15, 0.2) is 24.3 Å².